The van der Waals surface area contributed by atoms with Crippen LogP contribution in [0, 0.1) is 0 Å². The molecular weight excluding hydrogens is 456 g/mol. The first-order chi connectivity index (χ1) is 16.3. The number of fused-ring (bicyclic) bond motifs is 1. The van der Waals surface area contributed by atoms with Crippen LogP contribution in [0.3, 0.4) is 0 Å². The molecule has 1 aromatic carbocycles. The maximum absolute atomic E-state index is 13.7. The minimum atomic E-state index is -1.13. The monoisotopic (exact) mass is 486 g/mol. The number of imidazole rings is 1. The molecule has 1 aromatic heterocycles. The fourth-order valence-corrected chi connectivity index (χ4v) is 5.07. The number of amides is 2. The summed E-state index contributed by atoms with van der Waals surface area (Å²) in [6.45, 7) is 2.30. The van der Waals surface area contributed by atoms with E-state index in [1.807, 2.05) is 12.1 Å². The molecule has 1 fully saturated rings. The third-order valence-corrected chi connectivity index (χ3v) is 7.21. The van der Waals surface area contributed by atoms with E-state index < -0.39 is 17.4 Å². The first kappa shape index (κ1) is 24.3. The molecule has 34 heavy (non-hydrogen) atoms. The molecule has 2 aromatic rings. The van der Waals surface area contributed by atoms with Crippen LogP contribution in [0.25, 0.3) is 0 Å². The number of benzene rings is 1. The van der Waals surface area contributed by atoms with Crippen molar-refractivity contribution in [3.63, 3.8) is 0 Å². The van der Waals surface area contributed by atoms with Crippen LogP contribution in [0.15, 0.2) is 30.6 Å². The van der Waals surface area contributed by atoms with Gasteiger partial charge in [0.15, 0.2) is 5.69 Å². The zero-order chi connectivity index (χ0) is 24.3. The fraction of sp³-hybridized carbons (Fsp3) is 0.520. The summed E-state index contributed by atoms with van der Waals surface area (Å²) in [7, 11) is 1.25. The number of esters is 1. The molecule has 4 rings (SSSR count). The number of aromatic nitrogens is 2. The molecular formula is C25H31ClN4O4. The molecule has 0 unspecified atom stereocenters. The van der Waals surface area contributed by atoms with E-state index in [1.165, 1.54) is 26.3 Å². The van der Waals surface area contributed by atoms with Crippen molar-refractivity contribution in [1.29, 1.82) is 0 Å². The van der Waals surface area contributed by atoms with Crippen LogP contribution in [0.5, 0.6) is 0 Å². The van der Waals surface area contributed by atoms with Gasteiger partial charge in [-0.05, 0) is 43.9 Å². The topological polar surface area (TPSA) is 93.5 Å². The van der Waals surface area contributed by atoms with Gasteiger partial charge >= 0.3 is 5.97 Å². The number of hydrogen-bond donors (Lipinski definition) is 1. The molecule has 182 valence electrons. The van der Waals surface area contributed by atoms with Gasteiger partial charge in [0.2, 0.25) is 5.91 Å². The standard InChI is InChI=1S/C25H31ClN4O4/c1-25(24(33)28-19-7-5-3-4-6-8-19)15-29-16-27-20(23(32)34-2)21(29)22(31)30(25)14-13-17-9-11-18(26)12-10-17/h9-12,16,19H,3-8,13-15H2,1-2H3,(H,28,33)/t25-/m0/s1. The van der Waals surface area contributed by atoms with Crippen LogP contribution in [0.4, 0.5) is 0 Å². The second-order valence-corrected chi connectivity index (χ2v) is 9.77. The van der Waals surface area contributed by atoms with Crippen molar-refractivity contribution in [1.82, 2.24) is 19.8 Å². The first-order valence-corrected chi connectivity index (χ1v) is 12.2. The highest BCUT2D eigenvalue weighted by atomic mass is 35.5. The Labute approximate surface area is 204 Å². The minimum absolute atomic E-state index is 0.0322. The SMILES string of the molecule is COC(=O)c1ncn2c1C(=O)N(CCc1ccc(Cl)cc1)[C@](C)(C(=O)NC1CCCCCC1)C2. The number of carbonyl (C=O) groups is 3. The largest absolute Gasteiger partial charge is 0.464 e. The summed E-state index contributed by atoms with van der Waals surface area (Å²) in [5, 5.41) is 3.86. The Morgan fingerprint density at radius 3 is 2.50 bits per heavy atom. The maximum atomic E-state index is 13.7. The number of rotatable bonds is 6. The molecule has 0 saturated heterocycles. The van der Waals surface area contributed by atoms with Crippen molar-refractivity contribution in [2.45, 2.75) is 70.0 Å². The summed E-state index contributed by atoms with van der Waals surface area (Å²) < 4.78 is 6.42. The molecule has 8 nitrogen and oxygen atoms in total. The number of nitrogens with zero attached hydrogens (tertiary/aromatic N) is 3. The average molecular weight is 487 g/mol. The number of carbonyl (C=O) groups excluding carboxylic acids is 3. The molecule has 1 aliphatic carbocycles. The molecule has 1 N–H and O–H groups in total. The van der Waals surface area contributed by atoms with Gasteiger partial charge in [-0.2, -0.15) is 0 Å². The highest BCUT2D eigenvalue weighted by Gasteiger charge is 2.49. The number of halogens is 1. The van der Waals surface area contributed by atoms with Gasteiger partial charge in [-0.3, -0.25) is 9.59 Å². The maximum Gasteiger partial charge on any atom is 0.359 e. The van der Waals surface area contributed by atoms with Crippen LogP contribution in [0.1, 0.15) is 72.0 Å². The summed E-state index contributed by atoms with van der Waals surface area (Å²) >= 11 is 6.01. The highest BCUT2D eigenvalue weighted by Crippen LogP contribution is 2.30. The van der Waals surface area contributed by atoms with E-state index in [0.29, 0.717) is 18.0 Å². The van der Waals surface area contributed by atoms with E-state index in [2.05, 4.69) is 10.3 Å². The zero-order valence-electron chi connectivity index (χ0n) is 19.7. The molecule has 9 heteroatoms. The number of ether oxygens (including phenoxy) is 1. The predicted octanol–water partition coefficient (Wildman–Crippen LogP) is 3.62. The summed E-state index contributed by atoms with van der Waals surface area (Å²) in [6.07, 6.45) is 8.43. The molecule has 2 heterocycles. The Morgan fingerprint density at radius 2 is 1.85 bits per heavy atom. The Hall–Kier alpha value is -2.87. The van der Waals surface area contributed by atoms with Crippen LogP contribution >= 0.6 is 11.6 Å². The van der Waals surface area contributed by atoms with Crippen molar-refractivity contribution in [3.8, 4) is 0 Å². The number of nitrogens with one attached hydrogen (secondary N) is 1. The summed E-state index contributed by atoms with van der Waals surface area (Å²) in [5.41, 5.74) is -0.00871. The molecule has 1 aliphatic heterocycles. The molecule has 0 spiro atoms. The van der Waals surface area contributed by atoms with Crippen LogP contribution < -0.4 is 5.32 Å². The van der Waals surface area contributed by atoms with E-state index in [4.69, 9.17) is 16.3 Å². The molecule has 0 radical (unpaired) electrons. The van der Waals surface area contributed by atoms with Crippen molar-refractivity contribution in [2.75, 3.05) is 13.7 Å². The van der Waals surface area contributed by atoms with E-state index in [-0.39, 0.29) is 29.9 Å². The second kappa shape index (κ2) is 10.2. The normalized spacial score (nSPS) is 21.0. The van der Waals surface area contributed by atoms with Crippen LogP contribution in [-0.4, -0.2) is 57.5 Å². The smallest absolute Gasteiger partial charge is 0.359 e. The van der Waals surface area contributed by atoms with Gasteiger partial charge in [0.05, 0.1) is 20.0 Å². The molecule has 1 saturated carbocycles. The van der Waals surface area contributed by atoms with Gasteiger partial charge < -0.3 is 19.5 Å². The van der Waals surface area contributed by atoms with Crippen molar-refractivity contribution in [2.24, 2.45) is 0 Å². The third kappa shape index (κ3) is 4.82. The highest BCUT2D eigenvalue weighted by molar-refractivity contribution is 6.30. The van der Waals surface area contributed by atoms with Crippen molar-refractivity contribution in [3.05, 3.63) is 52.6 Å². The Kier molecular flexibility index (Phi) is 7.26. The fourth-order valence-electron chi connectivity index (χ4n) is 4.94. The molecule has 2 aliphatic rings. The lowest BCUT2D eigenvalue weighted by atomic mass is 9.92. The first-order valence-electron chi connectivity index (χ1n) is 11.8. The molecule has 1 atom stereocenters. The number of hydrogen-bond acceptors (Lipinski definition) is 5. The Bertz CT molecular complexity index is 1060. The molecule has 0 bridgehead atoms. The van der Waals surface area contributed by atoms with E-state index >= 15 is 0 Å². The van der Waals surface area contributed by atoms with Crippen molar-refractivity contribution >= 4 is 29.4 Å². The second-order valence-electron chi connectivity index (χ2n) is 9.33. The van der Waals surface area contributed by atoms with Gasteiger partial charge in [-0.15, -0.1) is 0 Å². The Balaban J connectivity index is 1.64. The summed E-state index contributed by atoms with van der Waals surface area (Å²) in [5.74, 6) is -1.26. The minimum Gasteiger partial charge on any atom is -0.464 e. The molecule has 2 amide bonds. The summed E-state index contributed by atoms with van der Waals surface area (Å²) in [4.78, 5) is 45.3. The quantitative estimate of drug-likeness (QED) is 0.497. The van der Waals surface area contributed by atoms with E-state index in [0.717, 1.165) is 31.2 Å². The Morgan fingerprint density at radius 1 is 1.18 bits per heavy atom. The van der Waals surface area contributed by atoms with Crippen LogP contribution in [-0.2, 0) is 22.5 Å². The summed E-state index contributed by atoms with van der Waals surface area (Å²) in [6, 6.07) is 7.53. The van der Waals surface area contributed by atoms with Gasteiger partial charge in [0.1, 0.15) is 11.2 Å². The van der Waals surface area contributed by atoms with Gasteiger partial charge in [-0.25, -0.2) is 9.78 Å². The van der Waals surface area contributed by atoms with Crippen molar-refractivity contribution < 1.29 is 19.1 Å². The lowest BCUT2D eigenvalue weighted by Gasteiger charge is -2.44. The van der Waals surface area contributed by atoms with Gasteiger partial charge in [-0.1, -0.05) is 49.4 Å². The lowest BCUT2D eigenvalue weighted by molar-refractivity contribution is -0.133. The van der Waals surface area contributed by atoms with Gasteiger partial charge in [0.25, 0.3) is 5.91 Å². The predicted molar refractivity (Wildman–Crippen MR) is 128 cm³/mol. The van der Waals surface area contributed by atoms with Gasteiger partial charge in [0, 0.05) is 17.6 Å². The van der Waals surface area contributed by atoms with E-state index in [9.17, 15) is 14.4 Å². The lowest BCUT2D eigenvalue weighted by Crippen LogP contribution is -2.65. The zero-order valence-corrected chi connectivity index (χ0v) is 20.4. The van der Waals surface area contributed by atoms with E-state index in [1.54, 1.807) is 28.5 Å². The average Bonchev–Trinajstić information content (AvgIpc) is 3.07. The third-order valence-electron chi connectivity index (χ3n) is 6.96. The van der Waals surface area contributed by atoms with Crippen LogP contribution in [0.2, 0.25) is 5.02 Å². The number of methoxy groups -OCH3 is 1.